The Bertz CT molecular complexity index is 52.8. The second kappa shape index (κ2) is 2.72. The summed E-state index contributed by atoms with van der Waals surface area (Å²) in [5.41, 5.74) is 4.98. The molecule has 3 nitrogen and oxygen atoms in total. The molecule has 0 aliphatic heterocycles. The molecule has 0 aromatic heterocycles. The predicted molar refractivity (Wildman–Crippen MR) is 27.9 cm³/mol. The van der Waals surface area contributed by atoms with Gasteiger partial charge >= 0.3 is 7.55 Å². The smallest absolute Gasteiger partial charge is 0.316 e. The van der Waals surface area contributed by atoms with Gasteiger partial charge in [-0.1, -0.05) is 0 Å². The van der Waals surface area contributed by atoms with E-state index in [1.54, 1.807) is 6.92 Å². The van der Waals surface area contributed by atoms with Gasteiger partial charge in [0.25, 0.3) is 0 Å². The second-order valence-electron chi connectivity index (χ2n) is 1.01. The van der Waals surface area contributed by atoms with Gasteiger partial charge in [0, 0.05) is 0 Å². The van der Waals surface area contributed by atoms with Crippen molar-refractivity contribution < 1.29 is 0 Å². The molecule has 0 spiro atoms. The molecule has 0 saturated heterocycles. The average Bonchev–Trinajstić information content (AvgIpc) is 1.35. The maximum atomic E-state index is 6.70. The molecule has 0 unspecified atom stereocenters. The molecule has 0 heterocycles. The Morgan fingerprint density at radius 2 is 2.50 bits per heavy atom. The van der Waals surface area contributed by atoms with Crippen molar-refractivity contribution >= 4 is 13.4 Å². The molecule has 0 amide bonds. The number of nitrogens with one attached hydrogen (secondary N) is 2. The lowest BCUT2D eigenvalue weighted by Gasteiger charge is -1.91. The summed E-state index contributed by atoms with van der Waals surface area (Å²) in [6.45, 7) is 1.65. The number of amidine groups is 1. The third-order valence-corrected chi connectivity index (χ3v) is 0.367. The Hall–Kier alpha value is -0.505. The summed E-state index contributed by atoms with van der Waals surface area (Å²) in [6, 6.07) is 0. The minimum atomic E-state index is 0.356. The van der Waals surface area contributed by atoms with E-state index in [4.69, 9.17) is 11.1 Å². The van der Waals surface area contributed by atoms with Gasteiger partial charge in [0.05, 0.1) is 5.84 Å². The van der Waals surface area contributed by atoms with E-state index in [0.29, 0.717) is 13.4 Å². The van der Waals surface area contributed by atoms with E-state index >= 15 is 0 Å². The molecule has 6 heavy (non-hydrogen) atoms. The topological polar surface area (TPSA) is 61.9 Å². The Kier molecular flexibility index (Phi) is 2.49. The summed E-state index contributed by atoms with van der Waals surface area (Å²) in [6.07, 6.45) is 0. The highest BCUT2D eigenvalue weighted by Gasteiger charge is 1.76. The first-order chi connectivity index (χ1) is 2.77. The van der Waals surface area contributed by atoms with E-state index in [0.717, 1.165) is 0 Å². The molecule has 0 atom stereocenters. The highest BCUT2D eigenvalue weighted by molar-refractivity contribution is 6.32. The summed E-state index contributed by atoms with van der Waals surface area (Å²) in [5.74, 6) is 0.414. The van der Waals surface area contributed by atoms with Crippen LogP contribution in [0.5, 0.6) is 0 Å². The normalized spacial score (nSPS) is 7.00. The Balaban J connectivity index is 2.83. The molecule has 4 heteroatoms. The lowest BCUT2D eigenvalue weighted by Crippen LogP contribution is -2.30. The standard InChI is InChI=1S/C2H8BN3/c1-2(4)6-3-5/h3H,5H2,1H3,(H2,4,6). The predicted octanol–water partition coefficient (Wildman–Crippen LogP) is -1.20. The Morgan fingerprint density at radius 1 is 2.00 bits per heavy atom. The van der Waals surface area contributed by atoms with Crippen LogP contribution in [0.25, 0.3) is 0 Å². The van der Waals surface area contributed by atoms with Crippen LogP contribution in [0.1, 0.15) is 6.92 Å². The van der Waals surface area contributed by atoms with Crippen molar-refractivity contribution in [2.75, 3.05) is 0 Å². The summed E-state index contributed by atoms with van der Waals surface area (Å²) in [5, 5.41) is 9.27. The monoisotopic (exact) mass is 85.1 g/mol. The molecule has 34 valence electrons. The molecule has 0 aromatic carbocycles. The molecule has 0 rings (SSSR count). The van der Waals surface area contributed by atoms with E-state index in [1.165, 1.54) is 0 Å². The largest absolute Gasteiger partial charge is 0.407 e. The van der Waals surface area contributed by atoms with Crippen LogP contribution in [0.2, 0.25) is 0 Å². The summed E-state index contributed by atoms with van der Waals surface area (Å²) in [4.78, 5) is 0. The van der Waals surface area contributed by atoms with Crippen molar-refractivity contribution in [1.29, 1.82) is 5.41 Å². The van der Waals surface area contributed by atoms with Crippen LogP contribution in [-0.4, -0.2) is 13.4 Å². The van der Waals surface area contributed by atoms with Gasteiger partial charge in [-0.05, 0) is 6.92 Å². The maximum absolute atomic E-state index is 6.70. The zero-order chi connectivity index (χ0) is 4.99. The van der Waals surface area contributed by atoms with Gasteiger partial charge in [-0.3, -0.25) is 5.41 Å². The maximum Gasteiger partial charge on any atom is 0.316 e. The van der Waals surface area contributed by atoms with Crippen LogP contribution >= 0.6 is 0 Å². The molecule has 0 saturated carbocycles. The van der Waals surface area contributed by atoms with Gasteiger partial charge in [-0.15, -0.1) is 0 Å². The van der Waals surface area contributed by atoms with E-state index in [-0.39, 0.29) is 0 Å². The fourth-order valence-electron chi connectivity index (χ4n) is 0.153. The zero-order valence-electron chi connectivity index (χ0n) is 3.78. The Labute approximate surface area is 37.7 Å². The minimum Gasteiger partial charge on any atom is -0.407 e. The summed E-state index contributed by atoms with van der Waals surface area (Å²) in [7, 11) is 0.356. The van der Waals surface area contributed by atoms with Crippen LogP contribution in [0.3, 0.4) is 0 Å². The SMILES string of the molecule is CC(=N)NBN. The number of hydrogen-bond acceptors (Lipinski definition) is 2. The van der Waals surface area contributed by atoms with Crippen molar-refractivity contribution in [3.05, 3.63) is 0 Å². The van der Waals surface area contributed by atoms with Gasteiger partial charge in [-0.25, -0.2) is 0 Å². The third-order valence-electron chi connectivity index (χ3n) is 0.367. The molecule has 0 radical (unpaired) electrons. The first-order valence-electron chi connectivity index (χ1n) is 1.76. The van der Waals surface area contributed by atoms with E-state index in [1.807, 2.05) is 0 Å². The highest BCUT2D eigenvalue weighted by Crippen LogP contribution is 1.49. The molecule has 0 bridgehead atoms. The number of nitrogens with two attached hydrogens (primary N) is 1. The van der Waals surface area contributed by atoms with Crippen LogP contribution in [0, 0.1) is 5.41 Å². The minimum absolute atomic E-state index is 0.356. The van der Waals surface area contributed by atoms with Gasteiger partial charge in [0.15, 0.2) is 0 Å². The van der Waals surface area contributed by atoms with Crippen molar-refractivity contribution in [2.24, 2.45) is 5.64 Å². The van der Waals surface area contributed by atoms with Crippen molar-refractivity contribution in [3.63, 3.8) is 0 Å². The number of hydrogen-bond donors (Lipinski definition) is 3. The van der Waals surface area contributed by atoms with E-state index in [9.17, 15) is 0 Å². The highest BCUT2D eigenvalue weighted by atomic mass is 14.9. The summed E-state index contributed by atoms with van der Waals surface area (Å²) >= 11 is 0. The number of rotatable bonds is 1. The molecule has 4 N–H and O–H groups in total. The average molecular weight is 84.9 g/mol. The van der Waals surface area contributed by atoms with E-state index in [2.05, 4.69) is 5.23 Å². The van der Waals surface area contributed by atoms with Crippen molar-refractivity contribution in [2.45, 2.75) is 6.92 Å². The van der Waals surface area contributed by atoms with Gasteiger partial charge in [-0.2, -0.15) is 0 Å². The van der Waals surface area contributed by atoms with Gasteiger partial charge < -0.3 is 10.9 Å². The lowest BCUT2D eigenvalue weighted by molar-refractivity contribution is 1.31. The fraction of sp³-hybridized carbons (Fsp3) is 0.500. The lowest BCUT2D eigenvalue weighted by atomic mass is 10.2. The second-order valence-corrected chi connectivity index (χ2v) is 1.01. The molecular formula is C2H8BN3. The van der Waals surface area contributed by atoms with Gasteiger partial charge in [0.1, 0.15) is 0 Å². The molecule has 0 aliphatic carbocycles. The quantitative estimate of drug-likeness (QED) is 0.212. The van der Waals surface area contributed by atoms with Crippen LogP contribution in [-0.2, 0) is 0 Å². The van der Waals surface area contributed by atoms with Crippen molar-refractivity contribution in [3.8, 4) is 0 Å². The fourth-order valence-corrected chi connectivity index (χ4v) is 0.153. The third kappa shape index (κ3) is 3.49. The molecule has 0 aliphatic rings. The van der Waals surface area contributed by atoms with Gasteiger partial charge in [0.2, 0.25) is 0 Å². The molecule has 0 fully saturated rings. The van der Waals surface area contributed by atoms with Crippen molar-refractivity contribution in [1.82, 2.24) is 5.23 Å². The Morgan fingerprint density at radius 3 is 2.50 bits per heavy atom. The van der Waals surface area contributed by atoms with Crippen LogP contribution < -0.4 is 10.9 Å². The first kappa shape index (κ1) is 5.49. The summed E-state index contributed by atoms with van der Waals surface area (Å²) < 4.78 is 0. The zero-order valence-corrected chi connectivity index (χ0v) is 3.78. The first-order valence-corrected chi connectivity index (χ1v) is 1.76. The van der Waals surface area contributed by atoms with E-state index < -0.39 is 0 Å². The molecule has 0 aromatic rings. The molecular weight excluding hydrogens is 76.9 g/mol. The van der Waals surface area contributed by atoms with Crippen LogP contribution in [0.4, 0.5) is 0 Å². The van der Waals surface area contributed by atoms with Crippen LogP contribution in [0.15, 0.2) is 0 Å².